The minimum absolute atomic E-state index is 0.0700. The van der Waals surface area contributed by atoms with Gasteiger partial charge >= 0.3 is 11.9 Å². The number of aliphatic hydroxyl groups excluding tert-OH is 1. The molecule has 44 heavy (non-hydrogen) atoms. The average molecular weight is 621 g/mol. The van der Waals surface area contributed by atoms with E-state index >= 15 is 0 Å². The third-order valence-corrected chi connectivity index (χ3v) is 8.22. The highest BCUT2D eigenvalue weighted by atomic mass is 16.6. The maximum atomic E-state index is 12.1. The molecule has 0 aliphatic rings. The molecule has 0 fully saturated rings. The van der Waals surface area contributed by atoms with Crippen LogP contribution < -0.4 is 0 Å². The molecule has 0 aromatic rings. The van der Waals surface area contributed by atoms with Gasteiger partial charge in [-0.1, -0.05) is 141 Å². The molecule has 0 aromatic heterocycles. The zero-order valence-corrected chi connectivity index (χ0v) is 29.2. The normalized spacial score (nSPS) is 12.3. The molecule has 0 aliphatic heterocycles. The first kappa shape index (κ1) is 42.4. The Morgan fingerprint density at radius 3 is 1.23 bits per heavy atom. The first-order chi connectivity index (χ1) is 21.6. The highest BCUT2D eigenvalue weighted by molar-refractivity contribution is 5.70. The number of aliphatic hydroxyl groups is 1. The molecule has 5 nitrogen and oxygen atoms in total. The van der Waals surface area contributed by atoms with Gasteiger partial charge < -0.3 is 14.6 Å². The SMILES string of the molecule is CCCCCCC/C=C/CCCCCCCC(=O)OC[C@H](CO)OC(=O)CCCCCCCC/C=C/CCCCCCCC. The second kappa shape index (κ2) is 35.9. The molecule has 0 saturated carbocycles. The summed E-state index contributed by atoms with van der Waals surface area (Å²) in [5.74, 6) is -0.605. The van der Waals surface area contributed by atoms with Gasteiger partial charge in [0, 0.05) is 12.8 Å². The fourth-order valence-corrected chi connectivity index (χ4v) is 5.31. The van der Waals surface area contributed by atoms with Crippen LogP contribution in [0, 0.1) is 0 Å². The molecule has 0 spiro atoms. The van der Waals surface area contributed by atoms with E-state index in [-0.39, 0.29) is 25.2 Å². The van der Waals surface area contributed by atoms with Gasteiger partial charge in [0.1, 0.15) is 6.61 Å². The number of allylic oxidation sites excluding steroid dienone is 4. The van der Waals surface area contributed by atoms with Gasteiger partial charge in [-0.25, -0.2) is 0 Å². The predicted molar refractivity (Wildman–Crippen MR) is 187 cm³/mol. The number of hydrogen-bond acceptors (Lipinski definition) is 5. The van der Waals surface area contributed by atoms with E-state index in [2.05, 4.69) is 38.2 Å². The van der Waals surface area contributed by atoms with E-state index in [0.29, 0.717) is 12.8 Å². The van der Waals surface area contributed by atoms with Gasteiger partial charge in [-0.15, -0.1) is 0 Å². The molecule has 0 radical (unpaired) electrons. The summed E-state index contributed by atoms with van der Waals surface area (Å²) in [4.78, 5) is 24.2. The molecular formula is C39H72O5. The van der Waals surface area contributed by atoms with Crippen molar-refractivity contribution in [1.82, 2.24) is 0 Å². The number of carbonyl (C=O) groups excluding carboxylic acids is 2. The summed E-state index contributed by atoms with van der Waals surface area (Å²) in [6.07, 6.45) is 40.9. The molecule has 1 N–H and O–H groups in total. The quantitative estimate of drug-likeness (QED) is 0.0440. The summed E-state index contributed by atoms with van der Waals surface area (Å²) in [6, 6.07) is 0. The summed E-state index contributed by atoms with van der Waals surface area (Å²) in [7, 11) is 0. The lowest BCUT2D eigenvalue weighted by atomic mass is 10.1. The maximum absolute atomic E-state index is 12.1. The second-order valence-electron chi connectivity index (χ2n) is 12.6. The van der Waals surface area contributed by atoms with E-state index in [0.717, 1.165) is 44.9 Å². The van der Waals surface area contributed by atoms with Gasteiger partial charge in [0.15, 0.2) is 6.10 Å². The van der Waals surface area contributed by atoms with E-state index in [1.54, 1.807) is 0 Å². The van der Waals surface area contributed by atoms with Gasteiger partial charge in [-0.3, -0.25) is 9.59 Å². The Balaban J connectivity index is 3.57. The molecular weight excluding hydrogens is 548 g/mol. The first-order valence-corrected chi connectivity index (χ1v) is 18.9. The molecule has 0 bridgehead atoms. The lowest BCUT2D eigenvalue weighted by Crippen LogP contribution is -2.28. The van der Waals surface area contributed by atoms with Crippen LogP contribution in [0.4, 0.5) is 0 Å². The zero-order valence-electron chi connectivity index (χ0n) is 29.2. The molecule has 0 amide bonds. The first-order valence-electron chi connectivity index (χ1n) is 18.9. The second-order valence-corrected chi connectivity index (χ2v) is 12.6. The van der Waals surface area contributed by atoms with Crippen LogP contribution in [0.3, 0.4) is 0 Å². The van der Waals surface area contributed by atoms with Gasteiger partial charge in [0.2, 0.25) is 0 Å². The topological polar surface area (TPSA) is 72.8 Å². The Labute approximate surface area is 273 Å². The van der Waals surface area contributed by atoms with Crippen molar-refractivity contribution in [3.05, 3.63) is 24.3 Å². The third kappa shape index (κ3) is 33.3. The number of ether oxygens (including phenoxy) is 2. The Hall–Kier alpha value is -1.62. The summed E-state index contributed by atoms with van der Waals surface area (Å²) < 4.78 is 10.6. The van der Waals surface area contributed by atoms with Crippen LogP contribution in [0.1, 0.15) is 194 Å². The lowest BCUT2D eigenvalue weighted by molar-refractivity contribution is -0.161. The molecule has 0 saturated heterocycles. The van der Waals surface area contributed by atoms with E-state index < -0.39 is 6.10 Å². The largest absolute Gasteiger partial charge is 0.462 e. The van der Waals surface area contributed by atoms with Crippen molar-refractivity contribution < 1.29 is 24.2 Å². The molecule has 258 valence electrons. The van der Waals surface area contributed by atoms with E-state index in [9.17, 15) is 14.7 Å². The lowest BCUT2D eigenvalue weighted by Gasteiger charge is -2.15. The van der Waals surface area contributed by atoms with E-state index in [1.807, 2.05) is 0 Å². The molecule has 5 heteroatoms. The Morgan fingerprint density at radius 2 is 0.841 bits per heavy atom. The van der Waals surface area contributed by atoms with E-state index in [1.165, 1.54) is 122 Å². The smallest absolute Gasteiger partial charge is 0.306 e. The fraction of sp³-hybridized carbons (Fsp3) is 0.846. The number of carbonyl (C=O) groups is 2. The van der Waals surface area contributed by atoms with Crippen LogP contribution in [0.2, 0.25) is 0 Å². The molecule has 1 atom stereocenters. The molecule has 0 aromatic carbocycles. The highest BCUT2D eigenvalue weighted by Gasteiger charge is 2.16. The number of esters is 2. The summed E-state index contributed by atoms with van der Waals surface area (Å²) in [5, 5.41) is 9.53. The maximum Gasteiger partial charge on any atom is 0.306 e. The van der Waals surface area contributed by atoms with Gasteiger partial charge in [-0.05, 0) is 64.2 Å². The van der Waals surface area contributed by atoms with Crippen LogP contribution in [-0.4, -0.2) is 36.4 Å². The standard InChI is InChI=1S/C39H72O5/c1-3-5-7-9-11-13-15-17-19-20-22-24-26-28-30-32-34-39(42)44-37(35-40)36-43-38(41)33-31-29-27-25-23-21-18-16-14-12-10-8-6-4-2/h16-19,37,40H,3-15,20-36H2,1-2H3/b18-16+,19-17+/t37-/m0/s1. The van der Waals surface area contributed by atoms with Crippen molar-refractivity contribution >= 4 is 11.9 Å². The van der Waals surface area contributed by atoms with E-state index in [4.69, 9.17) is 9.47 Å². The minimum atomic E-state index is -0.773. The average Bonchev–Trinajstić information content (AvgIpc) is 3.02. The van der Waals surface area contributed by atoms with Gasteiger partial charge in [-0.2, -0.15) is 0 Å². The van der Waals surface area contributed by atoms with Crippen molar-refractivity contribution in [3.8, 4) is 0 Å². The van der Waals surface area contributed by atoms with Crippen molar-refractivity contribution in [3.63, 3.8) is 0 Å². The van der Waals surface area contributed by atoms with Gasteiger partial charge in [0.25, 0.3) is 0 Å². The zero-order chi connectivity index (χ0) is 32.2. The van der Waals surface area contributed by atoms with Gasteiger partial charge in [0.05, 0.1) is 6.61 Å². The summed E-state index contributed by atoms with van der Waals surface area (Å²) in [5.41, 5.74) is 0. The minimum Gasteiger partial charge on any atom is -0.462 e. The molecule has 0 rings (SSSR count). The number of hydrogen-bond donors (Lipinski definition) is 1. The summed E-state index contributed by atoms with van der Waals surface area (Å²) in [6.45, 7) is 4.11. The number of unbranched alkanes of at least 4 members (excludes halogenated alkanes) is 22. The van der Waals surface area contributed by atoms with Crippen molar-refractivity contribution in [2.24, 2.45) is 0 Å². The number of rotatable bonds is 34. The fourth-order valence-electron chi connectivity index (χ4n) is 5.31. The van der Waals surface area contributed by atoms with Crippen molar-refractivity contribution in [2.45, 2.75) is 200 Å². The Kier molecular flexibility index (Phi) is 34.5. The van der Waals surface area contributed by atoms with Crippen molar-refractivity contribution in [2.75, 3.05) is 13.2 Å². The Morgan fingerprint density at radius 1 is 0.500 bits per heavy atom. The van der Waals surface area contributed by atoms with Crippen LogP contribution in [0.15, 0.2) is 24.3 Å². The Bertz CT molecular complexity index is 671. The predicted octanol–water partition coefficient (Wildman–Crippen LogP) is 11.5. The van der Waals surface area contributed by atoms with Crippen LogP contribution in [0.5, 0.6) is 0 Å². The van der Waals surface area contributed by atoms with Crippen LogP contribution >= 0.6 is 0 Å². The van der Waals surface area contributed by atoms with Crippen molar-refractivity contribution in [1.29, 1.82) is 0 Å². The third-order valence-electron chi connectivity index (χ3n) is 8.22. The monoisotopic (exact) mass is 621 g/mol. The van der Waals surface area contributed by atoms with Crippen LogP contribution in [0.25, 0.3) is 0 Å². The molecule has 0 heterocycles. The highest BCUT2D eigenvalue weighted by Crippen LogP contribution is 2.13. The van der Waals surface area contributed by atoms with Crippen LogP contribution in [-0.2, 0) is 19.1 Å². The molecule has 0 aliphatic carbocycles. The molecule has 0 unspecified atom stereocenters. The summed E-state index contributed by atoms with van der Waals surface area (Å²) >= 11 is 0.